The zero-order valence-electron chi connectivity index (χ0n) is 16.8. The summed E-state index contributed by atoms with van der Waals surface area (Å²) in [6.45, 7) is 2.87. The van der Waals surface area contributed by atoms with Crippen LogP contribution in [-0.2, 0) is 11.2 Å². The minimum atomic E-state index is -2.79. The lowest BCUT2D eigenvalue weighted by Gasteiger charge is -2.17. The highest BCUT2D eigenvalue weighted by Gasteiger charge is 2.27. The molecule has 0 aliphatic heterocycles. The Hall–Kier alpha value is -3.72. The Morgan fingerprint density at radius 1 is 1.29 bits per heavy atom. The molecular formula is C22H20F3N3O3. The molecule has 1 unspecified atom stereocenters. The van der Waals surface area contributed by atoms with E-state index in [2.05, 4.69) is 33.6 Å². The molecule has 2 rings (SSSR count). The van der Waals surface area contributed by atoms with Gasteiger partial charge in [0.05, 0.1) is 24.4 Å². The highest BCUT2D eigenvalue weighted by molar-refractivity contribution is 5.84. The summed E-state index contributed by atoms with van der Waals surface area (Å²) in [5, 5.41) is 12.0. The predicted octanol–water partition coefficient (Wildman–Crippen LogP) is 2.33. The largest absolute Gasteiger partial charge is 0.502 e. The third-order valence-corrected chi connectivity index (χ3v) is 4.03. The van der Waals surface area contributed by atoms with Gasteiger partial charge in [0.1, 0.15) is 11.5 Å². The Kier molecular flexibility index (Phi) is 8.27. The van der Waals surface area contributed by atoms with Gasteiger partial charge in [-0.1, -0.05) is 25.8 Å². The summed E-state index contributed by atoms with van der Waals surface area (Å²) < 4.78 is 39.4. The van der Waals surface area contributed by atoms with Crippen LogP contribution < -0.4 is 10.9 Å². The molecule has 162 valence electrons. The summed E-state index contributed by atoms with van der Waals surface area (Å²) in [6, 6.07) is 4.03. The molecule has 1 amide bonds. The van der Waals surface area contributed by atoms with Crippen LogP contribution in [0.1, 0.15) is 36.6 Å². The molecule has 0 aliphatic carbocycles. The molecule has 0 radical (unpaired) electrons. The molecule has 1 aromatic carbocycles. The first-order valence-electron chi connectivity index (χ1n) is 9.31. The molecule has 1 aromatic heterocycles. The number of amides is 1. The van der Waals surface area contributed by atoms with Crippen LogP contribution in [0.4, 0.5) is 13.2 Å². The smallest absolute Gasteiger partial charge is 0.293 e. The van der Waals surface area contributed by atoms with Gasteiger partial charge >= 0.3 is 0 Å². The molecule has 0 saturated carbocycles. The van der Waals surface area contributed by atoms with Crippen LogP contribution in [0.15, 0.2) is 29.3 Å². The number of aromatic nitrogens is 2. The van der Waals surface area contributed by atoms with Crippen LogP contribution in [0.5, 0.6) is 5.75 Å². The van der Waals surface area contributed by atoms with Gasteiger partial charge < -0.3 is 15.4 Å². The van der Waals surface area contributed by atoms with Crippen molar-refractivity contribution >= 4 is 5.91 Å². The van der Waals surface area contributed by atoms with E-state index in [4.69, 9.17) is 0 Å². The van der Waals surface area contributed by atoms with Gasteiger partial charge in [-0.15, -0.1) is 0 Å². The van der Waals surface area contributed by atoms with E-state index in [1.165, 1.54) is 12.1 Å². The number of carbonyl (C=O) groups excluding carboxylic acids is 1. The van der Waals surface area contributed by atoms with Crippen molar-refractivity contribution in [2.75, 3.05) is 6.54 Å². The van der Waals surface area contributed by atoms with E-state index in [0.717, 1.165) is 12.4 Å². The molecule has 1 heterocycles. The minimum Gasteiger partial charge on any atom is -0.502 e. The molecular weight excluding hydrogens is 411 g/mol. The summed E-state index contributed by atoms with van der Waals surface area (Å²) in [7, 11) is 0. The second kappa shape index (κ2) is 10.9. The number of nitrogens with zero attached hydrogens (tertiary/aromatic N) is 1. The van der Waals surface area contributed by atoms with Crippen molar-refractivity contribution in [3.8, 4) is 29.4 Å². The first kappa shape index (κ1) is 23.6. The second-order valence-corrected chi connectivity index (χ2v) is 6.85. The standard InChI is InChI=1S/C22H20F3N3O3/c1-13(2)5-3-4-6-15-8-7-14(10-17(15)23)9-16(21(30)26-11-18(24)25)19-20(29)22(31)28-12-27-19/h7-8,10,12-13,16,18,29H,9,11H2,1-2H3,(H,26,30)(H,27,28,31). The molecule has 0 saturated heterocycles. The van der Waals surface area contributed by atoms with Crippen molar-refractivity contribution < 1.29 is 23.1 Å². The van der Waals surface area contributed by atoms with Crippen LogP contribution in [0.25, 0.3) is 0 Å². The fourth-order valence-corrected chi connectivity index (χ4v) is 2.58. The number of benzene rings is 1. The summed E-state index contributed by atoms with van der Waals surface area (Å²) in [5.74, 6) is 7.06. The second-order valence-electron chi connectivity index (χ2n) is 6.85. The molecule has 0 fully saturated rings. The van der Waals surface area contributed by atoms with Crippen molar-refractivity contribution in [2.45, 2.75) is 32.6 Å². The summed E-state index contributed by atoms with van der Waals surface area (Å²) in [5.41, 5.74) is -0.785. The number of hydrogen-bond acceptors (Lipinski definition) is 4. The van der Waals surface area contributed by atoms with Crippen molar-refractivity contribution in [1.29, 1.82) is 0 Å². The fraction of sp³-hybridized carbons (Fsp3) is 0.318. The van der Waals surface area contributed by atoms with Gasteiger partial charge in [-0.2, -0.15) is 0 Å². The van der Waals surface area contributed by atoms with Gasteiger partial charge in [0.25, 0.3) is 12.0 Å². The zero-order chi connectivity index (χ0) is 23.0. The monoisotopic (exact) mass is 431 g/mol. The van der Waals surface area contributed by atoms with E-state index < -0.39 is 41.9 Å². The first-order chi connectivity index (χ1) is 14.7. The van der Waals surface area contributed by atoms with Gasteiger partial charge in [-0.3, -0.25) is 9.59 Å². The Morgan fingerprint density at radius 3 is 2.68 bits per heavy atom. The van der Waals surface area contributed by atoms with Crippen LogP contribution in [-0.4, -0.2) is 34.0 Å². The number of aromatic amines is 1. The molecule has 0 aliphatic rings. The molecule has 2 aromatic rings. The Bertz CT molecular complexity index is 1120. The molecule has 31 heavy (non-hydrogen) atoms. The van der Waals surface area contributed by atoms with Gasteiger partial charge in [0.15, 0.2) is 0 Å². The lowest BCUT2D eigenvalue weighted by Crippen LogP contribution is -2.35. The normalized spacial score (nSPS) is 11.3. The number of hydrogen-bond donors (Lipinski definition) is 3. The number of halogens is 3. The predicted molar refractivity (Wildman–Crippen MR) is 108 cm³/mol. The van der Waals surface area contributed by atoms with Crippen LogP contribution in [0.3, 0.4) is 0 Å². The lowest BCUT2D eigenvalue weighted by atomic mass is 9.93. The number of rotatable bonds is 6. The maximum Gasteiger partial charge on any atom is 0.293 e. The van der Waals surface area contributed by atoms with Crippen LogP contribution >= 0.6 is 0 Å². The Morgan fingerprint density at radius 2 is 2.03 bits per heavy atom. The molecule has 9 heteroatoms. The third kappa shape index (κ3) is 6.93. The van der Waals surface area contributed by atoms with Crippen LogP contribution in [0.2, 0.25) is 0 Å². The van der Waals surface area contributed by atoms with E-state index in [9.17, 15) is 27.9 Å². The third-order valence-electron chi connectivity index (χ3n) is 4.03. The average molecular weight is 431 g/mol. The first-order valence-corrected chi connectivity index (χ1v) is 9.31. The van der Waals surface area contributed by atoms with Gasteiger partial charge in [-0.25, -0.2) is 18.2 Å². The maximum atomic E-state index is 14.4. The highest BCUT2D eigenvalue weighted by atomic mass is 19.3. The molecule has 6 nitrogen and oxygen atoms in total. The Labute approximate surface area is 176 Å². The number of alkyl halides is 2. The molecule has 0 spiro atoms. The lowest BCUT2D eigenvalue weighted by molar-refractivity contribution is -0.123. The Balaban J connectivity index is 2.33. The van der Waals surface area contributed by atoms with E-state index in [1.807, 2.05) is 19.2 Å². The number of aromatic hydroxyl groups is 1. The van der Waals surface area contributed by atoms with E-state index in [-0.39, 0.29) is 23.6 Å². The van der Waals surface area contributed by atoms with Gasteiger partial charge in [-0.05, 0) is 41.9 Å². The maximum absolute atomic E-state index is 14.4. The van der Waals surface area contributed by atoms with Gasteiger partial charge in [0.2, 0.25) is 11.7 Å². The van der Waals surface area contributed by atoms with Crippen molar-refractivity contribution in [3.05, 3.63) is 57.5 Å². The SMILES string of the molecule is CC(C)C#CC#Cc1ccc(CC(C(=O)NCC(F)F)c2nc[nH]c(=O)c2O)cc1F. The van der Waals surface area contributed by atoms with E-state index >= 15 is 0 Å². The minimum absolute atomic E-state index is 0.0950. The summed E-state index contributed by atoms with van der Waals surface area (Å²) in [6.07, 6.45) is -2.02. The molecule has 0 bridgehead atoms. The highest BCUT2D eigenvalue weighted by Crippen LogP contribution is 2.25. The van der Waals surface area contributed by atoms with Crippen LogP contribution in [0, 0.1) is 35.4 Å². The quantitative estimate of drug-likeness (QED) is 0.612. The molecule has 1 atom stereocenters. The van der Waals surface area contributed by atoms with Crippen molar-refractivity contribution in [3.63, 3.8) is 0 Å². The summed E-state index contributed by atoms with van der Waals surface area (Å²) in [4.78, 5) is 30.1. The van der Waals surface area contributed by atoms with E-state index in [0.29, 0.717) is 5.56 Å². The topological polar surface area (TPSA) is 95.1 Å². The number of nitrogens with one attached hydrogen (secondary N) is 2. The number of carbonyl (C=O) groups is 1. The average Bonchev–Trinajstić information content (AvgIpc) is 2.71. The fourth-order valence-electron chi connectivity index (χ4n) is 2.58. The summed E-state index contributed by atoms with van der Waals surface area (Å²) >= 11 is 0. The van der Waals surface area contributed by atoms with Gasteiger partial charge in [0, 0.05) is 5.92 Å². The van der Waals surface area contributed by atoms with Crippen molar-refractivity contribution in [2.24, 2.45) is 5.92 Å². The zero-order valence-corrected chi connectivity index (χ0v) is 16.8. The number of H-pyrrole nitrogens is 1. The van der Waals surface area contributed by atoms with Crippen molar-refractivity contribution in [1.82, 2.24) is 15.3 Å². The molecule has 3 N–H and O–H groups in total. The van der Waals surface area contributed by atoms with E-state index in [1.54, 1.807) is 0 Å².